The number of nitro groups is 1. The van der Waals surface area contributed by atoms with Gasteiger partial charge >= 0.3 is 0 Å². The van der Waals surface area contributed by atoms with Gasteiger partial charge in [0.15, 0.2) is 11.5 Å². The number of halogens is 1. The zero-order valence-corrected chi connectivity index (χ0v) is 22.3. The molecule has 2 aromatic rings. The van der Waals surface area contributed by atoms with Crippen molar-refractivity contribution in [1.29, 1.82) is 0 Å². The molecule has 1 atom stereocenters. The summed E-state index contributed by atoms with van der Waals surface area (Å²) < 4.78 is 17.0. The Hall–Kier alpha value is -3.04. The molecule has 0 radical (unpaired) electrons. The molecule has 37 heavy (non-hydrogen) atoms. The van der Waals surface area contributed by atoms with E-state index in [4.69, 9.17) is 25.8 Å². The minimum atomic E-state index is -0.408. The number of ether oxygens (including phenoxy) is 3. The fourth-order valence-electron chi connectivity index (χ4n) is 4.95. The van der Waals surface area contributed by atoms with Gasteiger partial charge in [-0.15, -0.1) is 0 Å². The molecule has 2 aromatic carbocycles. The van der Waals surface area contributed by atoms with Gasteiger partial charge in [-0.25, -0.2) is 0 Å². The number of nitro benzene ring substituents is 1. The quantitative estimate of drug-likeness (QED) is 0.334. The number of hydrogen-bond acceptors (Lipinski definition) is 7. The van der Waals surface area contributed by atoms with E-state index < -0.39 is 4.92 Å². The number of likely N-dealkylation sites (tertiary alicyclic amines) is 1. The number of nitrogens with zero attached hydrogens (tertiary/aromatic N) is 3. The van der Waals surface area contributed by atoms with E-state index in [9.17, 15) is 14.9 Å². The molecule has 0 N–H and O–H groups in total. The molecule has 1 amide bonds. The standard InChI is InChI=1S/C27H34ClN3O6/c1-18(2)14-30(15-19-11-23(28)26-25(12-19)36-9-4-10-37-26)27(32)20-7-8-29(16-20)17-21-13-22(31(33)34)5-6-24(21)35-3/h5-6,11-13,18,20H,4,7-10,14-17H2,1-3H3/t20-/m1/s1. The average Bonchev–Trinajstić information content (AvgIpc) is 3.18. The van der Waals surface area contributed by atoms with E-state index in [1.807, 2.05) is 17.0 Å². The summed E-state index contributed by atoms with van der Waals surface area (Å²) in [4.78, 5) is 28.6. The van der Waals surface area contributed by atoms with Crippen LogP contribution in [0.25, 0.3) is 0 Å². The number of methoxy groups -OCH3 is 1. The van der Waals surface area contributed by atoms with Gasteiger partial charge in [-0.05, 0) is 42.6 Å². The Bertz CT molecular complexity index is 1140. The highest BCUT2D eigenvalue weighted by Gasteiger charge is 2.32. The summed E-state index contributed by atoms with van der Waals surface area (Å²) in [6.07, 6.45) is 1.52. The lowest BCUT2D eigenvalue weighted by Gasteiger charge is -2.28. The molecule has 200 valence electrons. The van der Waals surface area contributed by atoms with E-state index in [2.05, 4.69) is 18.7 Å². The topological polar surface area (TPSA) is 94.4 Å². The highest BCUT2D eigenvalue weighted by molar-refractivity contribution is 6.32. The van der Waals surface area contributed by atoms with Gasteiger partial charge in [0.25, 0.3) is 5.69 Å². The molecule has 0 aliphatic carbocycles. The van der Waals surface area contributed by atoms with E-state index >= 15 is 0 Å². The Morgan fingerprint density at radius 3 is 2.78 bits per heavy atom. The lowest BCUT2D eigenvalue weighted by atomic mass is 10.0. The van der Waals surface area contributed by atoms with Crippen LogP contribution in [0.15, 0.2) is 30.3 Å². The molecular weight excluding hydrogens is 498 g/mol. The number of rotatable bonds is 9. The predicted molar refractivity (Wildman–Crippen MR) is 140 cm³/mol. The maximum atomic E-state index is 13.7. The summed E-state index contributed by atoms with van der Waals surface area (Å²) >= 11 is 6.50. The van der Waals surface area contributed by atoms with Gasteiger partial charge in [0, 0.05) is 50.3 Å². The van der Waals surface area contributed by atoms with Crippen LogP contribution < -0.4 is 14.2 Å². The van der Waals surface area contributed by atoms with Crippen LogP contribution in [0.1, 0.15) is 37.8 Å². The van der Waals surface area contributed by atoms with E-state index in [1.54, 1.807) is 19.2 Å². The Morgan fingerprint density at radius 1 is 1.27 bits per heavy atom. The first-order chi connectivity index (χ1) is 17.7. The molecule has 9 nitrogen and oxygen atoms in total. The van der Waals surface area contributed by atoms with Gasteiger partial charge in [0.2, 0.25) is 5.91 Å². The highest BCUT2D eigenvalue weighted by atomic mass is 35.5. The zero-order valence-electron chi connectivity index (χ0n) is 21.6. The van der Waals surface area contributed by atoms with Crippen molar-refractivity contribution in [3.8, 4) is 17.2 Å². The third kappa shape index (κ3) is 6.64. The van der Waals surface area contributed by atoms with Gasteiger partial charge in [0.05, 0.1) is 36.2 Å². The first-order valence-corrected chi connectivity index (χ1v) is 13.0. The maximum absolute atomic E-state index is 13.7. The second-order valence-electron chi connectivity index (χ2n) is 10.0. The first kappa shape index (κ1) is 27.0. The fraction of sp³-hybridized carbons (Fsp3) is 0.519. The van der Waals surface area contributed by atoms with Crippen LogP contribution >= 0.6 is 11.6 Å². The molecule has 1 fully saturated rings. The third-order valence-electron chi connectivity index (χ3n) is 6.62. The van der Waals surface area contributed by atoms with Crippen molar-refractivity contribution in [2.24, 2.45) is 11.8 Å². The van der Waals surface area contributed by atoms with Crippen LogP contribution in [0.3, 0.4) is 0 Å². The largest absolute Gasteiger partial charge is 0.496 e. The average molecular weight is 532 g/mol. The van der Waals surface area contributed by atoms with E-state index in [1.165, 1.54) is 6.07 Å². The van der Waals surface area contributed by atoms with Crippen LogP contribution in [0.4, 0.5) is 5.69 Å². The van der Waals surface area contributed by atoms with E-state index in [0.717, 1.165) is 30.5 Å². The molecule has 0 saturated carbocycles. The number of non-ortho nitro benzene ring substituents is 1. The monoisotopic (exact) mass is 531 g/mol. The Labute approximate surface area is 222 Å². The zero-order chi connectivity index (χ0) is 26.5. The Morgan fingerprint density at radius 2 is 2.05 bits per heavy atom. The first-order valence-electron chi connectivity index (χ1n) is 12.7. The molecule has 0 unspecified atom stereocenters. The summed E-state index contributed by atoms with van der Waals surface area (Å²) in [5.41, 5.74) is 1.67. The fourth-order valence-corrected chi connectivity index (χ4v) is 5.24. The molecule has 0 spiro atoms. The molecule has 0 bridgehead atoms. The molecular formula is C27H34ClN3O6. The summed E-state index contributed by atoms with van der Waals surface area (Å²) in [6, 6.07) is 8.38. The van der Waals surface area contributed by atoms with Crippen LogP contribution in [0.5, 0.6) is 17.2 Å². The van der Waals surface area contributed by atoms with Crippen LogP contribution in [0.2, 0.25) is 5.02 Å². The van der Waals surface area contributed by atoms with E-state index in [-0.39, 0.29) is 17.5 Å². The second kappa shape index (κ2) is 12.0. The van der Waals surface area contributed by atoms with Crippen LogP contribution in [-0.2, 0) is 17.9 Å². The normalized spacial score (nSPS) is 17.5. The molecule has 4 rings (SSSR count). The number of benzene rings is 2. The third-order valence-corrected chi connectivity index (χ3v) is 6.90. The number of carbonyl (C=O) groups is 1. The van der Waals surface area contributed by atoms with Crippen molar-refractivity contribution in [1.82, 2.24) is 9.80 Å². The lowest BCUT2D eigenvalue weighted by Crippen LogP contribution is -2.39. The minimum Gasteiger partial charge on any atom is -0.496 e. The van der Waals surface area contributed by atoms with Crippen molar-refractivity contribution >= 4 is 23.2 Å². The summed E-state index contributed by atoms with van der Waals surface area (Å²) in [7, 11) is 1.55. The smallest absolute Gasteiger partial charge is 0.270 e. The van der Waals surface area contributed by atoms with Gasteiger partial charge in [-0.3, -0.25) is 19.8 Å². The Balaban J connectivity index is 1.46. The van der Waals surface area contributed by atoms with Crippen molar-refractivity contribution < 1.29 is 23.9 Å². The summed E-state index contributed by atoms with van der Waals surface area (Å²) in [5, 5.41) is 11.7. The van der Waals surface area contributed by atoms with Gasteiger partial charge in [-0.2, -0.15) is 0 Å². The van der Waals surface area contributed by atoms with Crippen LogP contribution in [-0.4, -0.2) is 60.6 Å². The maximum Gasteiger partial charge on any atom is 0.270 e. The van der Waals surface area contributed by atoms with Gasteiger partial charge < -0.3 is 19.1 Å². The van der Waals surface area contributed by atoms with E-state index in [0.29, 0.717) is 67.6 Å². The predicted octanol–water partition coefficient (Wildman–Crippen LogP) is 4.92. The van der Waals surface area contributed by atoms with Crippen molar-refractivity contribution in [2.45, 2.75) is 39.8 Å². The Kier molecular flexibility index (Phi) is 8.76. The number of carbonyl (C=O) groups excluding carboxylic acids is 1. The van der Waals surface area contributed by atoms with Gasteiger partial charge in [-0.1, -0.05) is 25.4 Å². The molecule has 10 heteroatoms. The van der Waals surface area contributed by atoms with Crippen molar-refractivity contribution in [3.05, 3.63) is 56.6 Å². The summed E-state index contributed by atoms with van der Waals surface area (Å²) in [5.74, 6) is 2.03. The van der Waals surface area contributed by atoms with Gasteiger partial charge in [0.1, 0.15) is 5.75 Å². The SMILES string of the molecule is COc1ccc([N+](=O)[O-])cc1CN1CC[C@@H](C(=O)N(Cc2cc(Cl)c3c(c2)OCCCO3)CC(C)C)C1. The number of hydrogen-bond donors (Lipinski definition) is 0. The number of amides is 1. The molecule has 2 aliphatic heterocycles. The van der Waals surface area contributed by atoms with Crippen molar-refractivity contribution in [2.75, 3.05) is 40.0 Å². The molecule has 0 aromatic heterocycles. The van der Waals surface area contributed by atoms with Crippen LogP contribution in [0, 0.1) is 22.0 Å². The lowest BCUT2D eigenvalue weighted by molar-refractivity contribution is -0.385. The highest BCUT2D eigenvalue weighted by Crippen LogP contribution is 2.38. The van der Waals surface area contributed by atoms with Crippen molar-refractivity contribution in [3.63, 3.8) is 0 Å². The molecule has 2 heterocycles. The number of fused-ring (bicyclic) bond motifs is 1. The second-order valence-corrected chi connectivity index (χ2v) is 10.4. The minimum absolute atomic E-state index is 0.0273. The molecule has 1 saturated heterocycles. The molecule has 2 aliphatic rings. The summed E-state index contributed by atoms with van der Waals surface area (Å²) in [6.45, 7) is 8.17.